The molecule has 10 heteroatoms. The summed E-state index contributed by atoms with van der Waals surface area (Å²) in [7, 11) is -2.06. The molecular formula is C21H25N3O6S. The molecule has 0 saturated carbocycles. The van der Waals surface area contributed by atoms with Crippen molar-refractivity contribution >= 4 is 27.5 Å². The summed E-state index contributed by atoms with van der Waals surface area (Å²) in [5, 5.41) is 5.38. The van der Waals surface area contributed by atoms with E-state index in [1.165, 1.54) is 23.5 Å². The van der Waals surface area contributed by atoms with Gasteiger partial charge in [-0.1, -0.05) is 6.07 Å². The summed E-state index contributed by atoms with van der Waals surface area (Å²) in [6, 6.07) is 12.7. The molecule has 2 aromatic carbocycles. The van der Waals surface area contributed by atoms with Crippen LogP contribution in [0.25, 0.3) is 0 Å². The molecule has 1 aliphatic rings. The fraction of sp³-hybridized carbons (Fsp3) is 0.333. The van der Waals surface area contributed by atoms with Crippen molar-refractivity contribution < 1.29 is 27.5 Å². The highest BCUT2D eigenvalue weighted by molar-refractivity contribution is 7.89. The Morgan fingerprint density at radius 1 is 1.10 bits per heavy atom. The van der Waals surface area contributed by atoms with E-state index in [2.05, 4.69) is 10.6 Å². The number of methoxy groups -OCH3 is 1. The second-order valence-electron chi connectivity index (χ2n) is 6.83. The zero-order valence-electron chi connectivity index (χ0n) is 17.2. The van der Waals surface area contributed by atoms with Crippen molar-refractivity contribution in [3.8, 4) is 5.75 Å². The second-order valence-corrected chi connectivity index (χ2v) is 8.76. The normalized spacial score (nSPS) is 14.6. The molecule has 0 unspecified atom stereocenters. The van der Waals surface area contributed by atoms with E-state index < -0.39 is 10.0 Å². The van der Waals surface area contributed by atoms with Crippen LogP contribution in [0.4, 0.5) is 5.69 Å². The Morgan fingerprint density at radius 3 is 2.48 bits per heavy atom. The van der Waals surface area contributed by atoms with Gasteiger partial charge in [-0.2, -0.15) is 4.31 Å². The van der Waals surface area contributed by atoms with Gasteiger partial charge in [0.15, 0.2) is 0 Å². The number of nitrogens with zero attached hydrogens (tertiary/aromatic N) is 1. The van der Waals surface area contributed by atoms with E-state index in [1.807, 2.05) is 0 Å². The van der Waals surface area contributed by atoms with Gasteiger partial charge < -0.3 is 20.1 Å². The standard InChI is InChI=1S/C21H25N3O6S/c1-29-18-4-2-3-16(15-18)21(26)22-10-9-20(25)23-17-5-7-19(8-6-17)31(27,28)24-11-13-30-14-12-24/h2-8,15H,9-14H2,1H3,(H,22,26)(H,23,25). The topological polar surface area (TPSA) is 114 Å². The second kappa shape index (κ2) is 10.4. The first-order chi connectivity index (χ1) is 14.9. The van der Waals surface area contributed by atoms with Crippen molar-refractivity contribution in [3.63, 3.8) is 0 Å². The summed E-state index contributed by atoms with van der Waals surface area (Å²) in [5.41, 5.74) is 0.918. The van der Waals surface area contributed by atoms with Gasteiger partial charge in [0.05, 0.1) is 25.2 Å². The lowest BCUT2D eigenvalue weighted by atomic mass is 10.2. The Balaban J connectivity index is 1.48. The van der Waals surface area contributed by atoms with Gasteiger partial charge in [-0.3, -0.25) is 9.59 Å². The number of rotatable bonds is 8. The molecule has 166 valence electrons. The maximum atomic E-state index is 12.6. The first kappa shape index (κ1) is 22.7. The SMILES string of the molecule is COc1cccc(C(=O)NCCC(=O)Nc2ccc(S(=O)(=O)N3CCOCC3)cc2)c1. The molecule has 1 fully saturated rings. The lowest BCUT2D eigenvalue weighted by molar-refractivity contribution is -0.116. The van der Waals surface area contributed by atoms with Crippen LogP contribution >= 0.6 is 0 Å². The molecule has 1 heterocycles. The Kier molecular flexibility index (Phi) is 7.61. The first-order valence-corrected chi connectivity index (χ1v) is 11.2. The summed E-state index contributed by atoms with van der Waals surface area (Å²) in [4.78, 5) is 24.4. The minimum absolute atomic E-state index is 0.0730. The number of ether oxygens (including phenoxy) is 2. The van der Waals surface area contributed by atoms with Crippen LogP contribution in [0.2, 0.25) is 0 Å². The van der Waals surface area contributed by atoms with Crippen molar-refractivity contribution in [1.29, 1.82) is 0 Å². The van der Waals surface area contributed by atoms with Gasteiger partial charge in [-0.25, -0.2) is 8.42 Å². The molecule has 2 N–H and O–H groups in total. The highest BCUT2D eigenvalue weighted by Crippen LogP contribution is 2.19. The molecule has 0 atom stereocenters. The number of nitrogens with one attached hydrogen (secondary N) is 2. The van der Waals surface area contributed by atoms with Crippen LogP contribution in [0.15, 0.2) is 53.4 Å². The number of anilines is 1. The number of benzene rings is 2. The van der Waals surface area contributed by atoms with Gasteiger partial charge in [0, 0.05) is 37.3 Å². The molecule has 1 saturated heterocycles. The first-order valence-electron chi connectivity index (χ1n) is 9.80. The smallest absolute Gasteiger partial charge is 0.251 e. The number of hydrogen-bond donors (Lipinski definition) is 2. The predicted octanol–water partition coefficient (Wildman–Crippen LogP) is 1.47. The molecule has 2 aromatic rings. The fourth-order valence-corrected chi connectivity index (χ4v) is 4.43. The lowest BCUT2D eigenvalue weighted by Crippen LogP contribution is -2.40. The third-order valence-electron chi connectivity index (χ3n) is 4.72. The van der Waals surface area contributed by atoms with Crippen molar-refractivity contribution in [3.05, 3.63) is 54.1 Å². The van der Waals surface area contributed by atoms with Crippen LogP contribution in [0.5, 0.6) is 5.75 Å². The molecular weight excluding hydrogens is 422 g/mol. The quantitative estimate of drug-likeness (QED) is 0.634. The van der Waals surface area contributed by atoms with Crippen LogP contribution in [0, 0.1) is 0 Å². The molecule has 0 aromatic heterocycles. The number of carbonyl (C=O) groups excluding carboxylic acids is 2. The highest BCUT2D eigenvalue weighted by atomic mass is 32.2. The summed E-state index contributed by atoms with van der Waals surface area (Å²) in [6.07, 6.45) is 0.0730. The molecule has 0 bridgehead atoms. The molecule has 1 aliphatic heterocycles. The van der Waals surface area contributed by atoms with Crippen molar-refractivity contribution in [1.82, 2.24) is 9.62 Å². The van der Waals surface area contributed by atoms with Gasteiger partial charge in [0.1, 0.15) is 5.75 Å². The minimum atomic E-state index is -3.58. The van der Waals surface area contributed by atoms with Crippen molar-refractivity contribution in [2.75, 3.05) is 45.3 Å². The largest absolute Gasteiger partial charge is 0.497 e. The van der Waals surface area contributed by atoms with Gasteiger partial charge in [-0.15, -0.1) is 0 Å². The molecule has 3 rings (SSSR count). The van der Waals surface area contributed by atoms with Crippen molar-refractivity contribution in [2.45, 2.75) is 11.3 Å². The van der Waals surface area contributed by atoms with E-state index in [0.717, 1.165) is 0 Å². The van der Waals surface area contributed by atoms with E-state index in [9.17, 15) is 18.0 Å². The van der Waals surface area contributed by atoms with Crippen LogP contribution in [0.3, 0.4) is 0 Å². The molecule has 0 radical (unpaired) electrons. The Hall–Kier alpha value is -2.95. The molecule has 9 nitrogen and oxygen atoms in total. The Bertz CT molecular complexity index is 1020. The van der Waals surface area contributed by atoms with Crippen LogP contribution in [-0.4, -0.2) is 64.5 Å². The Morgan fingerprint density at radius 2 is 1.81 bits per heavy atom. The summed E-state index contributed by atoms with van der Waals surface area (Å²) < 4.78 is 36.9. The summed E-state index contributed by atoms with van der Waals surface area (Å²) >= 11 is 0. The van der Waals surface area contributed by atoms with Gasteiger partial charge >= 0.3 is 0 Å². The van der Waals surface area contributed by atoms with Gasteiger partial charge in [-0.05, 0) is 42.5 Å². The van der Waals surface area contributed by atoms with E-state index in [0.29, 0.717) is 43.3 Å². The van der Waals surface area contributed by atoms with E-state index in [1.54, 1.807) is 36.4 Å². The number of morpholine rings is 1. The molecule has 31 heavy (non-hydrogen) atoms. The Labute approximate surface area is 181 Å². The maximum absolute atomic E-state index is 12.6. The number of sulfonamides is 1. The minimum Gasteiger partial charge on any atom is -0.497 e. The summed E-state index contributed by atoms with van der Waals surface area (Å²) in [5.74, 6) is -0.0245. The number of hydrogen-bond acceptors (Lipinski definition) is 6. The highest BCUT2D eigenvalue weighted by Gasteiger charge is 2.26. The molecule has 2 amide bonds. The van der Waals surface area contributed by atoms with Crippen LogP contribution in [0.1, 0.15) is 16.8 Å². The fourth-order valence-electron chi connectivity index (χ4n) is 3.03. The average molecular weight is 448 g/mol. The molecule has 0 spiro atoms. The van der Waals surface area contributed by atoms with Crippen LogP contribution < -0.4 is 15.4 Å². The average Bonchev–Trinajstić information content (AvgIpc) is 2.80. The number of carbonyl (C=O) groups is 2. The van der Waals surface area contributed by atoms with E-state index in [4.69, 9.17) is 9.47 Å². The third-order valence-corrected chi connectivity index (χ3v) is 6.63. The molecule has 0 aliphatic carbocycles. The maximum Gasteiger partial charge on any atom is 0.251 e. The zero-order valence-corrected chi connectivity index (χ0v) is 18.0. The summed E-state index contributed by atoms with van der Waals surface area (Å²) in [6.45, 7) is 1.55. The van der Waals surface area contributed by atoms with Gasteiger partial charge in [0.2, 0.25) is 15.9 Å². The van der Waals surface area contributed by atoms with Gasteiger partial charge in [0.25, 0.3) is 5.91 Å². The van der Waals surface area contributed by atoms with Crippen LogP contribution in [-0.2, 0) is 19.6 Å². The zero-order chi connectivity index (χ0) is 22.3. The number of amides is 2. The predicted molar refractivity (Wildman–Crippen MR) is 115 cm³/mol. The monoisotopic (exact) mass is 447 g/mol. The van der Waals surface area contributed by atoms with Crippen molar-refractivity contribution in [2.24, 2.45) is 0 Å². The lowest BCUT2D eigenvalue weighted by Gasteiger charge is -2.26. The third kappa shape index (κ3) is 6.03. The van der Waals surface area contributed by atoms with E-state index >= 15 is 0 Å². The van der Waals surface area contributed by atoms with E-state index in [-0.39, 0.29) is 29.7 Å².